The molecule has 0 saturated heterocycles. The molecule has 6 heteroatoms. The third-order valence-corrected chi connectivity index (χ3v) is 4.37. The van der Waals surface area contributed by atoms with E-state index in [0.717, 1.165) is 12.8 Å². The van der Waals surface area contributed by atoms with Crippen LogP contribution in [0.25, 0.3) is 0 Å². The molecule has 0 fully saturated rings. The summed E-state index contributed by atoms with van der Waals surface area (Å²) < 4.78 is 21.0. The number of carbonyl (C=O) groups excluding carboxylic acids is 2. The lowest BCUT2D eigenvalue weighted by atomic mass is 10.1. The molecule has 0 aliphatic rings. The van der Waals surface area contributed by atoms with Crippen molar-refractivity contribution in [2.75, 3.05) is 20.8 Å². The second-order valence-electron chi connectivity index (χ2n) is 6.66. The third kappa shape index (κ3) is 9.62. The summed E-state index contributed by atoms with van der Waals surface area (Å²) in [5.74, 6) is 0.560. The van der Waals surface area contributed by atoms with Gasteiger partial charge >= 0.3 is 11.9 Å². The number of methoxy groups -OCH3 is 2. The molecule has 0 radical (unpaired) electrons. The summed E-state index contributed by atoms with van der Waals surface area (Å²) in [5, 5.41) is 0. The molecule has 0 heterocycles. The monoisotopic (exact) mass is 394 g/mol. The topological polar surface area (TPSA) is 71.1 Å². The van der Waals surface area contributed by atoms with Gasteiger partial charge in [0.15, 0.2) is 11.5 Å². The van der Waals surface area contributed by atoms with Crippen molar-refractivity contribution in [2.45, 2.75) is 71.1 Å². The van der Waals surface area contributed by atoms with Crippen LogP contribution in [0.4, 0.5) is 0 Å². The molecule has 0 amide bonds. The summed E-state index contributed by atoms with van der Waals surface area (Å²) in [7, 11) is 3.01. The molecule has 1 aromatic rings. The van der Waals surface area contributed by atoms with Crippen LogP contribution >= 0.6 is 0 Å². The van der Waals surface area contributed by atoms with Crippen molar-refractivity contribution in [2.24, 2.45) is 0 Å². The highest BCUT2D eigenvalue weighted by atomic mass is 16.6. The highest BCUT2D eigenvalue weighted by molar-refractivity contribution is 5.74. The van der Waals surface area contributed by atoms with Crippen LogP contribution in [0.2, 0.25) is 0 Å². The predicted octanol–water partition coefficient (Wildman–Crippen LogP) is 5.07. The zero-order valence-electron chi connectivity index (χ0n) is 17.5. The van der Waals surface area contributed by atoms with Gasteiger partial charge in [-0.25, -0.2) is 0 Å². The first-order chi connectivity index (χ1) is 13.6. The average Bonchev–Trinajstić information content (AvgIpc) is 2.70. The van der Waals surface area contributed by atoms with Gasteiger partial charge in [-0.1, -0.05) is 45.1 Å². The molecule has 28 heavy (non-hydrogen) atoms. The molecule has 1 aromatic carbocycles. The van der Waals surface area contributed by atoms with Crippen molar-refractivity contribution in [1.82, 2.24) is 0 Å². The van der Waals surface area contributed by atoms with Gasteiger partial charge in [-0.3, -0.25) is 9.59 Å². The van der Waals surface area contributed by atoms with Gasteiger partial charge in [0.25, 0.3) is 0 Å². The zero-order chi connectivity index (χ0) is 20.6. The minimum Gasteiger partial charge on any atom is -0.493 e. The Labute approximate surface area is 168 Å². The highest BCUT2D eigenvalue weighted by Crippen LogP contribution is 2.37. The molecule has 0 atom stereocenters. The molecule has 0 saturated carbocycles. The maximum absolute atomic E-state index is 12.1. The molecule has 0 aliphatic heterocycles. The molecule has 0 aliphatic carbocycles. The highest BCUT2D eigenvalue weighted by Gasteiger charge is 2.15. The van der Waals surface area contributed by atoms with Crippen LogP contribution in [-0.4, -0.2) is 32.8 Å². The largest absolute Gasteiger partial charge is 0.493 e. The minimum atomic E-state index is -0.386. The van der Waals surface area contributed by atoms with Gasteiger partial charge < -0.3 is 18.9 Å². The number of ether oxygens (including phenoxy) is 4. The summed E-state index contributed by atoms with van der Waals surface area (Å²) in [5.41, 5.74) is 0. The smallest absolute Gasteiger partial charge is 0.311 e. The van der Waals surface area contributed by atoms with Crippen molar-refractivity contribution in [3.8, 4) is 17.2 Å². The van der Waals surface area contributed by atoms with E-state index in [0.29, 0.717) is 37.4 Å². The summed E-state index contributed by atoms with van der Waals surface area (Å²) in [6.07, 6.45) is 8.66. The van der Waals surface area contributed by atoms with Crippen LogP contribution in [-0.2, 0) is 14.3 Å². The Kier molecular flexibility index (Phi) is 12.6. The molecule has 0 bridgehead atoms. The number of carbonyl (C=O) groups is 2. The molecule has 0 N–H and O–H groups in total. The fourth-order valence-corrected chi connectivity index (χ4v) is 2.76. The van der Waals surface area contributed by atoms with E-state index in [1.807, 2.05) is 0 Å². The second kappa shape index (κ2) is 14.8. The molecule has 0 spiro atoms. The Morgan fingerprint density at radius 1 is 0.786 bits per heavy atom. The van der Waals surface area contributed by atoms with E-state index in [-0.39, 0.29) is 24.1 Å². The number of para-hydroxylation sites is 1. The lowest BCUT2D eigenvalue weighted by molar-refractivity contribution is -0.144. The third-order valence-electron chi connectivity index (χ3n) is 4.37. The van der Waals surface area contributed by atoms with E-state index in [4.69, 9.17) is 18.9 Å². The first-order valence-electron chi connectivity index (χ1n) is 10.2. The second-order valence-corrected chi connectivity index (χ2v) is 6.66. The molecule has 0 aromatic heterocycles. The van der Waals surface area contributed by atoms with Crippen LogP contribution in [0.5, 0.6) is 17.2 Å². The first kappa shape index (κ1) is 23.8. The van der Waals surface area contributed by atoms with E-state index in [9.17, 15) is 9.59 Å². The first-order valence-corrected chi connectivity index (χ1v) is 10.2. The van der Waals surface area contributed by atoms with E-state index in [1.165, 1.54) is 39.9 Å². The Balaban J connectivity index is 2.18. The lowest BCUT2D eigenvalue weighted by Crippen LogP contribution is -2.10. The van der Waals surface area contributed by atoms with E-state index >= 15 is 0 Å². The molecular formula is C22H34O6. The van der Waals surface area contributed by atoms with Crippen molar-refractivity contribution in [3.05, 3.63) is 18.2 Å². The number of hydrogen-bond acceptors (Lipinski definition) is 6. The summed E-state index contributed by atoms with van der Waals surface area (Å²) in [4.78, 5) is 23.8. The zero-order valence-corrected chi connectivity index (χ0v) is 17.5. The van der Waals surface area contributed by atoms with Crippen molar-refractivity contribution in [3.63, 3.8) is 0 Å². The quantitative estimate of drug-likeness (QED) is 0.235. The van der Waals surface area contributed by atoms with Gasteiger partial charge in [0.2, 0.25) is 5.75 Å². The standard InChI is InChI=1S/C22H34O6/c1-4-5-6-7-8-11-17-27-20(23)15-9-10-16-21(24)28-22-18(25-2)13-12-14-19(22)26-3/h12-14H,4-11,15-17H2,1-3H3. The van der Waals surface area contributed by atoms with Gasteiger partial charge in [0, 0.05) is 12.8 Å². The van der Waals surface area contributed by atoms with Gasteiger partial charge in [0.05, 0.1) is 20.8 Å². The number of esters is 2. The van der Waals surface area contributed by atoms with Crippen molar-refractivity contribution >= 4 is 11.9 Å². The van der Waals surface area contributed by atoms with Crippen LogP contribution in [0.15, 0.2) is 18.2 Å². The molecule has 0 unspecified atom stereocenters. The Bertz CT molecular complexity index is 562. The van der Waals surface area contributed by atoms with E-state index < -0.39 is 0 Å². The molecule has 6 nitrogen and oxygen atoms in total. The van der Waals surface area contributed by atoms with Gasteiger partial charge in [-0.2, -0.15) is 0 Å². The van der Waals surface area contributed by atoms with Gasteiger partial charge in [-0.05, 0) is 31.4 Å². The van der Waals surface area contributed by atoms with Crippen LogP contribution < -0.4 is 14.2 Å². The van der Waals surface area contributed by atoms with Crippen LogP contribution in [0.1, 0.15) is 71.1 Å². The number of hydrogen-bond donors (Lipinski definition) is 0. The summed E-state index contributed by atoms with van der Waals surface area (Å²) >= 11 is 0. The molecule has 1 rings (SSSR count). The fraction of sp³-hybridized carbons (Fsp3) is 0.636. The van der Waals surface area contributed by atoms with Crippen LogP contribution in [0, 0.1) is 0 Å². The van der Waals surface area contributed by atoms with Crippen molar-refractivity contribution < 1.29 is 28.5 Å². The van der Waals surface area contributed by atoms with Crippen molar-refractivity contribution in [1.29, 1.82) is 0 Å². The Hall–Kier alpha value is -2.24. The van der Waals surface area contributed by atoms with Gasteiger partial charge in [-0.15, -0.1) is 0 Å². The lowest BCUT2D eigenvalue weighted by Gasteiger charge is -2.12. The summed E-state index contributed by atoms with van der Waals surface area (Å²) in [6, 6.07) is 5.15. The molecular weight excluding hydrogens is 360 g/mol. The van der Waals surface area contributed by atoms with Crippen LogP contribution in [0.3, 0.4) is 0 Å². The maximum Gasteiger partial charge on any atom is 0.311 e. The number of unbranched alkanes of at least 4 members (excludes halogenated alkanes) is 6. The summed E-state index contributed by atoms with van der Waals surface area (Å²) in [6.45, 7) is 2.68. The minimum absolute atomic E-state index is 0.201. The fourth-order valence-electron chi connectivity index (χ4n) is 2.76. The maximum atomic E-state index is 12.1. The predicted molar refractivity (Wildman–Crippen MR) is 108 cm³/mol. The van der Waals surface area contributed by atoms with Gasteiger partial charge in [0.1, 0.15) is 0 Å². The number of benzene rings is 1. The molecule has 158 valence electrons. The van der Waals surface area contributed by atoms with E-state index in [1.54, 1.807) is 18.2 Å². The van der Waals surface area contributed by atoms with E-state index in [2.05, 4.69) is 6.92 Å². The number of rotatable bonds is 15. The Morgan fingerprint density at radius 3 is 1.96 bits per heavy atom. The normalized spacial score (nSPS) is 10.4. The SMILES string of the molecule is CCCCCCCCOC(=O)CCCCC(=O)Oc1c(OC)cccc1OC. The average molecular weight is 395 g/mol. The Morgan fingerprint density at radius 2 is 1.36 bits per heavy atom.